The molecule has 0 radical (unpaired) electrons. The maximum atomic E-state index is 11.7. The van der Waals surface area contributed by atoms with E-state index < -0.39 is 0 Å². The van der Waals surface area contributed by atoms with Crippen molar-refractivity contribution in [1.29, 1.82) is 0 Å². The van der Waals surface area contributed by atoms with Gasteiger partial charge in [0.05, 0.1) is 11.4 Å². The van der Waals surface area contributed by atoms with E-state index in [9.17, 15) is 9.59 Å². The van der Waals surface area contributed by atoms with Gasteiger partial charge in [-0.05, 0) is 18.1 Å². The minimum Gasteiger partial charge on any atom is -0.369 e. The Balaban J connectivity index is 2.69. The number of carbonyl (C=O) groups is 2. The third kappa shape index (κ3) is 5.23. The summed E-state index contributed by atoms with van der Waals surface area (Å²) in [6.07, 6.45) is 0.481. The zero-order valence-corrected chi connectivity index (χ0v) is 11.4. The molecule has 0 aliphatic heterocycles. The lowest BCUT2D eigenvalue weighted by Crippen LogP contribution is -2.15. The number of thioether (sulfide) groups is 1. The van der Waals surface area contributed by atoms with Gasteiger partial charge in [0, 0.05) is 11.3 Å². The van der Waals surface area contributed by atoms with Crippen molar-refractivity contribution in [2.24, 2.45) is 11.7 Å². The van der Waals surface area contributed by atoms with Crippen molar-refractivity contribution in [3.05, 3.63) is 24.3 Å². The molecule has 5 heteroatoms. The molecule has 0 aliphatic rings. The van der Waals surface area contributed by atoms with Crippen LogP contribution < -0.4 is 11.1 Å². The van der Waals surface area contributed by atoms with Crippen molar-refractivity contribution in [2.75, 3.05) is 11.1 Å². The molecule has 1 aromatic rings. The van der Waals surface area contributed by atoms with Gasteiger partial charge in [-0.3, -0.25) is 9.59 Å². The van der Waals surface area contributed by atoms with Crippen molar-refractivity contribution in [3.63, 3.8) is 0 Å². The topological polar surface area (TPSA) is 72.2 Å². The van der Waals surface area contributed by atoms with Crippen LogP contribution in [-0.2, 0) is 9.59 Å². The highest BCUT2D eigenvalue weighted by Crippen LogP contribution is 2.26. The van der Waals surface area contributed by atoms with E-state index in [0.29, 0.717) is 12.3 Å². The maximum absolute atomic E-state index is 11.7. The molecule has 0 unspecified atom stereocenters. The summed E-state index contributed by atoms with van der Waals surface area (Å²) < 4.78 is 0. The Morgan fingerprint density at radius 3 is 2.61 bits per heavy atom. The zero-order valence-electron chi connectivity index (χ0n) is 10.6. The Kier molecular flexibility index (Phi) is 5.71. The van der Waals surface area contributed by atoms with E-state index in [1.165, 1.54) is 11.8 Å². The first-order valence-electron chi connectivity index (χ1n) is 5.79. The Labute approximate surface area is 111 Å². The first-order chi connectivity index (χ1) is 8.49. The highest BCUT2D eigenvalue weighted by Gasteiger charge is 2.09. The molecule has 0 bridgehead atoms. The van der Waals surface area contributed by atoms with Crippen LogP contribution in [0.25, 0.3) is 0 Å². The molecule has 0 saturated carbocycles. The minimum atomic E-state index is -0.372. The molecule has 98 valence electrons. The van der Waals surface area contributed by atoms with Crippen molar-refractivity contribution in [3.8, 4) is 0 Å². The fraction of sp³-hybridized carbons (Fsp3) is 0.385. The molecule has 3 N–H and O–H groups in total. The number of carbonyl (C=O) groups excluding carboxylic acids is 2. The predicted octanol–water partition coefficient (Wildman–Crippen LogP) is 2.25. The van der Waals surface area contributed by atoms with Crippen molar-refractivity contribution >= 4 is 29.3 Å². The molecule has 1 rings (SSSR count). The molecule has 0 aliphatic carbocycles. The molecule has 4 nitrogen and oxygen atoms in total. The number of primary amides is 1. The second kappa shape index (κ2) is 7.06. The highest BCUT2D eigenvalue weighted by atomic mass is 32.2. The molecule has 0 spiro atoms. The van der Waals surface area contributed by atoms with Crippen LogP contribution in [0.5, 0.6) is 0 Å². The lowest BCUT2D eigenvalue weighted by molar-refractivity contribution is -0.117. The fourth-order valence-electron chi connectivity index (χ4n) is 1.42. The molecule has 2 amide bonds. The summed E-state index contributed by atoms with van der Waals surface area (Å²) >= 11 is 1.33. The lowest BCUT2D eigenvalue weighted by atomic mass is 10.1. The standard InChI is InChI=1S/C13H18N2O2S/c1-9(2)7-13(17)15-10-5-3-4-6-11(10)18-8-12(14)16/h3-6,9H,7-8H2,1-2H3,(H2,14,16)(H,15,17). The van der Waals surface area contributed by atoms with E-state index in [1.807, 2.05) is 38.1 Å². The van der Waals surface area contributed by atoms with E-state index in [-0.39, 0.29) is 17.6 Å². The first kappa shape index (κ1) is 14.6. The lowest BCUT2D eigenvalue weighted by Gasteiger charge is -2.11. The quantitative estimate of drug-likeness (QED) is 0.776. The van der Waals surface area contributed by atoms with Gasteiger partial charge in [0.2, 0.25) is 11.8 Å². The van der Waals surface area contributed by atoms with Crippen LogP contribution in [0, 0.1) is 5.92 Å². The Hall–Kier alpha value is -1.49. The average Bonchev–Trinajstić information content (AvgIpc) is 2.26. The van der Waals surface area contributed by atoms with Crippen LogP contribution in [0.1, 0.15) is 20.3 Å². The number of hydrogen-bond donors (Lipinski definition) is 2. The summed E-state index contributed by atoms with van der Waals surface area (Å²) in [6.45, 7) is 3.99. The van der Waals surface area contributed by atoms with Gasteiger partial charge >= 0.3 is 0 Å². The molecule has 0 saturated heterocycles. The smallest absolute Gasteiger partial charge is 0.227 e. The van der Waals surface area contributed by atoms with E-state index in [0.717, 1.165) is 10.6 Å². The molecule has 0 aromatic heterocycles. The zero-order chi connectivity index (χ0) is 13.5. The summed E-state index contributed by atoms with van der Waals surface area (Å²) in [6, 6.07) is 7.39. The van der Waals surface area contributed by atoms with Crippen LogP contribution in [-0.4, -0.2) is 17.6 Å². The van der Waals surface area contributed by atoms with E-state index in [4.69, 9.17) is 5.73 Å². The van der Waals surface area contributed by atoms with Crippen LogP contribution in [0.4, 0.5) is 5.69 Å². The minimum absolute atomic E-state index is 0.0166. The number of rotatable bonds is 6. The molecular formula is C13H18N2O2S. The first-order valence-corrected chi connectivity index (χ1v) is 6.77. The van der Waals surface area contributed by atoms with Crippen LogP contribution >= 0.6 is 11.8 Å². The fourth-order valence-corrected chi connectivity index (χ4v) is 2.16. The predicted molar refractivity (Wildman–Crippen MR) is 74.4 cm³/mol. The molecule has 1 aromatic carbocycles. The van der Waals surface area contributed by atoms with Gasteiger partial charge < -0.3 is 11.1 Å². The normalized spacial score (nSPS) is 10.4. The van der Waals surface area contributed by atoms with Crippen LogP contribution in [0.3, 0.4) is 0 Å². The van der Waals surface area contributed by atoms with E-state index in [2.05, 4.69) is 5.32 Å². The Morgan fingerprint density at radius 2 is 2.00 bits per heavy atom. The van der Waals surface area contributed by atoms with Crippen LogP contribution in [0.15, 0.2) is 29.2 Å². The highest BCUT2D eigenvalue weighted by molar-refractivity contribution is 8.00. The second-order valence-corrected chi connectivity index (χ2v) is 5.41. The van der Waals surface area contributed by atoms with Gasteiger partial charge in [0.15, 0.2) is 0 Å². The third-order valence-electron chi connectivity index (χ3n) is 2.12. The van der Waals surface area contributed by atoms with Gasteiger partial charge in [-0.1, -0.05) is 26.0 Å². The number of benzene rings is 1. The van der Waals surface area contributed by atoms with E-state index >= 15 is 0 Å². The number of nitrogens with two attached hydrogens (primary N) is 1. The summed E-state index contributed by atoms with van der Waals surface area (Å²) in [5.74, 6) is 0.132. The molecule has 0 fully saturated rings. The van der Waals surface area contributed by atoms with Crippen molar-refractivity contribution in [1.82, 2.24) is 0 Å². The summed E-state index contributed by atoms with van der Waals surface area (Å²) in [7, 11) is 0. The summed E-state index contributed by atoms with van der Waals surface area (Å²) in [4.78, 5) is 23.3. The molecule has 0 atom stereocenters. The number of para-hydroxylation sites is 1. The average molecular weight is 266 g/mol. The largest absolute Gasteiger partial charge is 0.369 e. The molecule has 0 heterocycles. The number of nitrogens with one attached hydrogen (secondary N) is 1. The van der Waals surface area contributed by atoms with Crippen molar-refractivity contribution in [2.45, 2.75) is 25.2 Å². The molecular weight excluding hydrogens is 248 g/mol. The summed E-state index contributed by atoms with van der Waals surface area (Å²) in [5, 5.41) is 2.85. The van der Waals surface area contributed by atoms with Gasteiger partial charge in [-0.2, -0.15) is 0 Å². The van der Waals surface area contributed by atoms with Gasteiger partial charge in [-0.25, -0.2) is 0 Å². The number of hydrogen-bond acceptors (Lipinski definition) is 3. The SMILES string of the molecule is CC(C)CC(=O)Nc1ccccc1SCC(N)=O. The molecule has 18 heavy (non-hydrogen) atoms. The van der Waals surface area contributed by atoms with Gasteiger partial charge in [0.1, 0.15) is 0 Å². The summed E-state index contributed by atoms with van der Waals surface area (Å²) in [5.41, 5.74) is 5.84. The van der Waals surface area contributed by atoms with E-state index in [1.54, 1.807) is 0 Å². The van der Waals surface area contributed by atoms with Gasteiger partial charge in [0.25, 0.3) is 0 Å². The number of anilines is 1. The monoisotopic (exact) mass is 266 g/mol. The number of amides is 2. The Bertz CT molecular complexity index is 433. The van der Waals surface area contributed by atoms with Crippen LogP contribution in [0.2, 0.25) is 0 Å². The Morgan fingerprint density at radius 1 is 1.33 bits per heavy atom. The van der Waals surface area contributed by atoms with Gasteiger partial charge in [-0.15, -0.1) is 11.8 Å². The third-order valence-corrected chi connectivity index (χ3v) is 3.22. The maximum Gasteiger partial charge on any atom is 0.227 e. The van der Waals surface area contributed by atoms with Crippen molar-refractivity contribution < 1.29 is 9.59 Å². The second-order valence-electron chi connectivity index (χ2n) is 4.40.